The first-order valence-corrected chi connectivity index (χ1v) is 6.94. The van der Waals surface area contributed by atoms with Crippen LogP contribution in [0.15, 0.2) is 42.5 Å². The molecule has 0 aromatic heterocycles. The molecule has 2 aromatic carbocycles. The Bertz CT molecular complexity index is 644. The second kappa shape index (κ2) is 5.17. The van der Waals surface area contributed by atoms with Gasteiger partial charge in [0.1, 0.15) is 0 Å². The molecule has 0 saturated carbocycles. The van der Waals surface area contributed by atoms with Crippen molar-refractivity contribution in [2.45, 2.75) is 18.9 Å². The third-order valence-corrected chi connectivity index (χ3v) is 3.88. The quantitative estimate of drug-likeness (QED) is 0.834. The molecule has 102 valence electrons. The number of carbonyl (C=O) groups is 1. The number of carbonyl (C=O) groups excluding carboxylic acids is 1. The Labute approximate surface area is 122 Å². The van der Waals surface area contributed by atoms with Crippen molar-refractivity contribution in [3.63, 3.8) is 0 Å². The van der Waals surface area contributed by atoms with Gasteiger partial charge < -0.3 is 11.1 Å². The summed E-state index contributed by atoms with van der Waals surface area (Å²) in [6.45, 7) is 0. The van der Waals surface area contributed by atoms with Gasteiger partial charge in [0, 0.05) is 16.8 Å². The largest absolute Gasteiger partial charge is 0.398 e. The van der Waals surface area contributed by atoms with Crippen molar-refractivity contribution in [3.8, 4) is 0 Å². The Balaban J connectivity index is 1.74. The molecule has 1 amide bonds. The van der Waals surface area contributed by atoms with Crippen molar-refractivity contribution in [3.05, 3.63) is 64.2 Å². The number of halogens is 1. The van der Waals surface area contributed by atoms with E-state index in [1.54, 1.807) is 18.2 Å². The minimum atomic E-state index is -0.164. The number of hydrogen-bond donors (Lipinski definition) is 2. The summed E-state index contributed by atoms with van der Waals surface area (Å²) in [7, 11) is 0. The molecule has 0 saturated heterocycles. The van der Waals surface area contributed by atoms with Crippen LogP contribution in [0.4, 0.5) is 5.69 Å². The molecule has 0 spiro atoms. The first-order chi connectivity index (χ1) is 9.63. The summed E-state index contributed by atoms with van der Waals surface area (Å²) in [6, 6.07) is 13.3. The molecule has 0 heterocycles. The smallest absolute Gasteiger partial charge is 0.253 e. The molecular formula is C16H15ClN2O. The second-order valence-electron chi connectivity index (χ2n) is 5.08. The summed E-state index contributed by atoms with van der Waals surface area (Å²) in [5.74, 6) is -0.164. The zero-order valence-corrected chi connectivity index (χ0v) is 11.7. The molecule has 1 aliphatic carbocycles. The van der Waals surface area contributed by atoms with Crippen molar-refractivity contribution in [1.82, 2.24) is 5.32 Å². The fraction of sp³-hybridized carbons (Fsp3) is 0.188. The lowest BCUT2D eigenvalue weighted by Gasteiger charge is -2.13. The number of nitrogens with one attached hydrogen (secondary N) is 1. The summed E-state index contributed by atoms with van der Waals surface area (Å²) in [5, 5.41) is 3.55. The van der Waals surface area contributed by atoms with Crippen LogP contribution >= 0.6 is 11.6 Å². The standard InChI is InChI=1S/C16H15ClN2O/c17-12-5-6-15(18)14(9-12)16(20)19-13-7-10-3-1-2-4-11(10)8-13/h1-6,9,13H,7-8,18H2,(H,19,20). The molecular weight excluding hydrogens is 272 g/mol. The van der Waals surface area contributed by atoms with Gasteiger partial charge in [-0.05, 0) is 42.2 Å². The van der Waals surface area contributed by atoms with Gasteiger partial charge in [0.25, 0.3) is 5.91 Å². The van der Waals surface area contributed by atoms with Crippen LogP contribution in [0.1, 0.15) is 21.5 Å². The van der Waals surface area contributed by atoms with Crippen LogP contribution in [-0.2, 0) is 12.8 Å². The van der Waals surface area contributed by atoms with Crippen LogP contribution in [0.3, 0.4) is 0 Å². The van der Waals surface area contributed by atoms with E-state index in [2.05, 4.69) is 17.4 Å². The number of nitrogens with two attached hydrogens (primary N) is 1. The number of amides is 1. The predicted molar refractivity (Wildman–Crippen MR) is 81.0 cm³/mol. The van der Waals surface area contributed by atoms with Gasteiger partial charge in [-0.3, -0.25) is 4.79 Å². The lowest BCUT2D eigenvalue weighted by atomic mass is 10.1. The summed E-state index contributed by atoms with van der Waals surface area (Å²) in [5.41, 5.74) is 9.32. The van der Waals surface area contributed by atoms with E-state index in [1.165, 1.54) is 11.1 Å². The molecule has 0 atom stereocenters. The van der Waals surface area contributed by atoms with Crippen molar-refractivity contribution < 1.29 is 4.79 Å². The number of benzene rings is 2. The maximum atomic E-state index is 12.3. The molecule has 0 unspecified atom stereocenters. The summed E-state index contributed by atoms with van der Waals surface area (Å²) in [4.78, 5) is 12.3. The number of nitrogen functional groups attached to an aromatic ring is 1. The van der Waals surface area contributed by atoms with Gasteiger partial charge >= 0.3 is 0 Å². The molecule has 0 aliphatic heterocycles. The minimum Gasteiger partial charge on any atom is -0.398 e. The van der Waals surface area contributed by atoms with Gasteiger partial charge in [-0.25, -0.2) is 0 Å². The third-order valence-electron chi connectivity index (χ3n) is 3.65. The normalized spacial score (nSPS) is 14.1. The fourth-order valence-electron chi connectivity index (χ4n) is 2.65. The highest BCUT2D eigenvalue weighted by atomic mass is 35.5. The van der Waals surface area contributed by atoms with Crippen LogP contribution in [0, 0.1) is 0 Å². The second-order valence-corrected chi connectivity index (χ2v) is 5.52. The van der Waals surface area contributed by atoms with Crippen molar-refractivity contribution in [2.75, 3.05) is 5.73 Å². The molecule has 3 rings (SSSR count). The average Bonchev–Trinajstić information content (AvgIpc) is 2.83. The first-order valence-electron chi connectivity index (χ1n) is 6.56. The van der Waals surface area contributed by atoms with E-state index < -0.39 is 0 Å². The SMILES string of the molecule is Nc1ccc(Cl)cc1C(=O)NC1Cc2ccccc2C1. The monoisotopic (exact) mass is 286 g/mol. The highest BCUT2D eigenvalue weighted by Gasteiger charge is 2.23. The maximum absolute atomic E-state index is 12.3. The lowest BCUT2D eigenvalue weighted by Crippen LogP contribution is -2.35. The Morgan fingerprint density at radius 3 is 2.45 bits per heavy atom. The van der Waals surface area contributed by atoms with E-state index >= 15 is 0 Å². The molecule has 4 heteroatoms. The highest BCUT2D eigenvalue weighted by Crippen LogP contribution is 2.23. The highest BCUT2D eigenvalue weighted by molar-refractivity contribution is 6.31. The maximum Gasteiger partial charge on any atom is 0.253 e. The van der Waals surface area contributed by atoms with Crippen LogP contribution in [0.25, 0.3) is 0 Å². The van der Waals surface area contributed by atoms with Crippen LogP contribution < -0.4 is 11.1 Å². The predicted octanol–water partition coefficient (Wildman–Crippen LogP) is 2.82. The molecule has 0 radical (unpaired) electrons. The van der Waals surface area contributed by atoms with Crippen LogP contribution in [0.5, 0.6) is 0 Å². The number of anilines is 1. The topological polar surface area (TPSA) is 55.1 Å². The molecule has 0 fully saturated rings. The first kappa shape index (κ1) is 13.0. The zero-order valence-electron chi connectivity index (χ0n) is 10.9. The minimum absolute atomic E-state index is 0.123. The number of hydrogen-bond acceptors (Lipinski definition) is 2. The number of rotatable bonds is 2. The van der Waals surface area contributed by atoms with Crippen LogP contribution in [-0.4, -0.2) is 11.9 Å². The lowest BCUT2D eigenvalue weighted by molar-refractivity contribution is 0.0939. The van der Waals surface area contributed by atoms with Gasteiger partial charge in [0.05, 0.1) is 5.56 Å². The van der Waals surface area contributed by atoms with Gasteiger partial charge in [0.2, 0.25) is 0 Å². The Kier molecular flexibility index (Phi) is 3.36. The summed E-state index contributed by atoms with van der Waals surface area (Å²) < 4.78 is 0. The van der Waals surface area contributed by atoms with Gasteiger partial charge in [-0.1, -0.05) is 35.9 Å². The Morgan fingerprint density at radius 1 is 1.15 bits per heavy atom. The van der Waals surface area contributed by atoms with Gasteiger partial charge in [-0.15, -0.1) is 0 Å². The van der Waals surface area contributed by atoms with Gasteiger partial charge in [-0.2, -0.15) is 0 Å². The third kappa shape index (κ3) is 2.49. The van der Waals surface area contributed by atoms with E-state index in [0.29, 0.717) is 16.3 Å². The fourth-order valence-corrected chi connectivity index (χ4v) is 2.82. The number of fused-ring (bicyclic) bond motifs is 1. The Morgan fingerprint density at radius 2 is 1.80 bits per heavy atom. The van der Waals surface area contributed by atoms with E-state index in [-0.39, 0.29) is 11.9 Å². The summed E-state index contributed by atoms with van der Waals surface area (Å²) in [6.07, 6.45) is 1.73. The van der Waals surface area contributed by atoms with Crippen molar-refractivity contribution in [2.24, 2.45) is 0 Å². The zero-order chi connectivity index (χ0) is 14.1. The molecule has 0 bridgehead atoms. The van der Waals surface area contributed by atoms with Crippen molar-refractivity contribution >= 4 is 23.2 Å². The molecule has 3 nitrogen and oxygen atoms in total. The molecule has 2 aromatic rings. The summed E-state index contributed by atoms with van der Waals surface area (Å²) >= 11 is 5.91. The van der Waals surface area contributed by atoms with E-state index in [0.717, 1.165) is 12.8 Å². The molecule has 1 aliphatic rings. The molecule has 20 heavy (non-hydrogen) atoms. The molecule has 3 N–H and O–H groups in total. The van der Waals surface area contributed by atoms with Crippen LogP contribution in [0.2, 0.25) is 5.02 Å². The van der Waals surface area contributed by atoms with E-state index in [1.807, 2.05) is 12.1 Å². The Hall–Kier alpha value is -2.00. The van der Waals surface area contributed by atoms with Gasteiger partial charge in [0.15, 0.2) is 0 Å². The van der Waals surface area contributed by atoms with E-state index in [4.69, 9.17) is 17.3 Å². The van der Waals surface area contributed by atoms with Crippen molar-refractivity contribution in [1.29, 1.82) is 0 Å². The van der Waals surface area contributed by atoms with E-state index in [9.17, 15) is 4.79 Å². The average molecular weight is 287 g/mol.